The lowest BCUT2D eigenvalue weighted by molar-refractivity contribution is 0.0690. The number of nitrogens with zero attached hydrogens (tertiary/aromatic N) is 4. The molecule has 0 aliphatic rings. The highest BCUT2D eigenvalue weighted by Crippen LogP contribution is 2.06. The third-order valence-corrected chi connectivity index (χ3v) is 2.85. The van der Waals surface area contributed by atoms with E-state index in [0.29, 0.717) is 24.3 Å². The molecule has 21 heavy (non-hydrogen) atoms. The minimum absolute atomic E-state index is 0.125. The smallest absolute Gasteiger partial charge is 0.358 e. The minimum atomic E-state index is -1.13. The fraction of sp³-hybridized carbons (Fsp3) is 0.308. The molecule has 0 atom stereocenters. The van der Waals surface area contributed by atoms with Gasteiger partial charge in [0.15, 0.2) is 5.69 Å². The molecule has 8 nitrogen and oxygen atoms in total. The Morgan fingerprint density at radius 3 is 2.71 bits per heavy atom. The SMILES string of the molecule is Cc1ccc(C(=O)NCCn2cc(C(=O)O)nn2)c(C)n1. The van der Waals surface area contributed by atoms with E-state index in [1.54, 1.807) is 19.1 Å². The second kappa shape index (κ2) is 6.12. The molecule has 0 fully saturated rings. The highest BCUT2D eigenvalue weighted by atomic mass is 16.4. The molecule has 0 bridgehead atoms. The number of aromatic carboxylic acids is 1. The van der Waals surface area contributed by atoms with Gasteiger partial charge in [0.25, 0.3) is 5.91 Å². The zero-order valence-corrected chi connectivity index (χ0v) is 11.7. The summed E-state index contributed by atoms with van der Waals surface area (Å²) >= 11 is 0. The molecule has 0 unspecified atom stereocenters. The second-order valence-corrected chi connectivity index (χ2v) is 4.51. The largest absolute Gasteiger partial charge is 0.476 e. The fourth-order valence-electron chi connectivity index (χ4n) is 1.81. The molecule has 110 valence electrons. The van der Waals surface area contributed by atoms with E-state index < -0.39 is 5.97 Å². The van der Waals surface area contributed by atoms with Gasteiger partial charge >= 0.3 is 5.97 Å². The molecule has 8 heteroatoms. The molecule has 2 N–H and O–H groups in total. The van der Waals surface area contributed by atoms with Gasteiger partial charge < -0.3 is 10.4 Å². The summed E-state index contributed by atoms with van der Waals surface area (Å²) in [6, 6.07) is 3.50. The molecule has 0 aliphatic heterocycles. The molecule has 0 aromatic carbocycles. The Labute approximate surface area is 120 Å². The number of aromatic nitrogens is 4. The Morgan fingerprint density at radius 2 is 2.10 bits per heavy atom. The second-order valence-electron chi connectivity index (χ2n) is 4.51. The summed E-state index contributed by atoms with van der Waals surface area (Å²) in [5, 5.41) is 18.6. The van der Waals surface area contributed by atoms with Crippen LogP contribution in [-0.4, -0.2) is 43.5 Å². The van der Waals surface area contributed by atoms with E-state index in [1.807, 2.05) is 6.92 Å². The predicted molar refractivity (Wildman–Crippen MR) is 73.0 cm³/mol. The van der Waals surface area contributed by atoms with Gasteiger partial charge in [0.05, 0.1) is 24.0 Å². The number of aryl methyl sites for hydroxylation is 2. The average molecular weight is 289 g/mol. The Bertz CT molecular complexity index is 680. The maximum absolute atomic E-state index is 12.0. The van der Waals surface area contributed by atoms with E-state index in [9.17, 15) is 9.59 Å². The van der Waals surface area contributed by atoms with Gasteiger partial charge in [-0.15, -0.1) is 5.10 Å². The van der Waals surface area contributed by atoms with Crippen LogP contribution in [0.15, 0.2) is 18.3 Å². The van der Waals surface area contributed by atoms with Gasteiger partial charge in [0.1, 0.15) is 0 Å². The van der Waals surface area contributed by atoms with Gasteiger partial charge in [-0.25, -0.2) is 9.48 Å². The van der Waals surface area contributed by atoms with Crippen LogP contribution in [0, 0.1) is 13.8 Å². The Balaban J connectivity index is 1.90. The Hall–Kier alpha value is -2.77. The van der Waals surface area contributed by atoms with Gasteiger partial charge in [-0.1, -0.05) is 5.21 Å². The zero-order chi connectivity index (χ0) is 15.4. The van der Waals surface area contributed by atoms with Gasteiger partial charge in [0, 0.05) is 12.2 Å². The van der Waals surface area contributed by atoms with Crippen LogP contribution in [0.4, 0.5) is 0 Å². The number of hydrogen-bond donors (Lipinski definition) is 2. The van der Waals surface area contributed by atoms with Gasteiger partial charge in [-0.3, -0.25) is 9.78 Å². The number of hydrogen-bond acceptors (Lipinski definition) is 5. The standard InChI is InChI=1S/C13H15N5O3/c1-8-3-4-10(9(2)15-8)12(19)14-5-6-18-7-11(13(20)21)16-17-18/h3-4,7H,5-6H2,1-2H3,(H,14,19)(H,20,21). The van der Waals surface area contributed by atoms with Crippen molar-refractivity contribution in [2.75, 3.05) is 6.54 Å². The number of amides is 1. The molecule has 2 heterocycles. The van der Waals surface area contributed by atoms with Crippen LogP contribution in [-0.2, 0) is 6.54 Å². The van der Waals surface area contributed by atoms with Crippen LogP contribution in [0.1, 0.15) is 32.2 Å². The maximum atomic E-state index is 12.0. The van der Waals surface area contributed by atoms with Crippen LogP contribution in [0.25, 0.3) is 0 Å². The summed E-state index contributed by atoms with van der Waals surface area (Å²) in [5.74, 6) is -1.36. The Morgan fingerprint density at radius 1 is 1.33 bits per heavy atom. The highest BCUT2D eigenvalue weighted by Gasteiger charge is 2.10. The number of carboxylic acid groups (broad SMARTS) is 1. The molecular formula is C13H15N5O3. The molecule has 0 radical (unpaired) electrons. The highest BCUT2D eigenvalue weighted by molar-refractivity contribution is 5.95. The molecule has 2 aromatic rings. The van der Waals surface area contributed by atoms with E-state index in [2.05, 4.69) is 20.6 Å². The lowest BCUT2D eigenvalue weighted by atomic mass is 10.2. The van der Waals surface area contributed by atoms with Crippen molar-refractivity contribution in [3.8, 4) is 0 Å². The van der Waals surface area contributed by atoms with Crippen molar-refractivity contribution >= 4 is 11.9 Å². The van der Waals surface area contributed by atoms with Crippen molar-refractivity contribution in [1.82, 2.24) is 25.3 Å². The van der Waals surface area contributed by atoms with Crippen LogP contribution in [0.5, 0.6) is 0 Å². The lowest BCUT2D eigenvalue weighted by Gasteiger charge is -2.07. The number of rotatable bonds is 5. The van der Waals surface area contributed by atoms with Gasteiger partial charge in [-0.05, 0) is 26.0 Å². The molecule has 0 spiro atoms. The summed E-state index contributed by atoms with van der Waals surface area (Å²) < 4.78 is 1.37. The number of nitrogens with one attached hydrogen (secondary N) is 1. The summed E-state index contributed by atoms with van der Waals surface area (Å²) in [6.07, 6.45) is 1.31. The number of carbonyl (C=O) groups excluding carboxylic acids is 1. The summed E-state index contributed by atoms with van der Waals surface area (Å²) in [5.41, 5.74) is 1.92. The molecule has 0 saturated carbocycles. The summed E-state index contributed by atoms with van der Waals surface area (Å²) in [6.45, 7) is 4.29. The zero-order valence-electron chi connectivity index (χ0n) is 11.7. The molecular weight excluding hydrogens is 274 g/mol. The van der Waals surface area contributed by atoms with E-state index >= 15 is 0 Å². The van der Waals surface area contributed by atoms with Crippen LogP contribution >= 0.6 is 0 Å². The number of carbonyl (C=O) groups is 2. The van der Waals surface area contributed by atoms with Crippen LogP contribution < -0.4 is 5.32 Å². The normalized spacial score (nSPS) is 10.4. The molecule has 2 aromatic heterocycles. The molecule has 2 rings (SSSR count). The quantitative estimate of drug-likeness (QED) is 0.825. The average Bonchev–Trinajstić information content (AvgIpc) is 2.87. The monoisotopic (exact) mass is 289 g/mol. The minimum Gasteiger partial charge on any atom is -0.476 e. The first-order valence-electron chi connectivity index (χ1n) is 6.33. The first kappa shape index (κ1) is 14.6. The van der Waals surface area contributed by atoms with Crippen LogP contribution in [0.3, 0.4) is 0 Å². The van der Waals surface area contributed by atoms with E-state index in [0.717, 1.165) is 5.69 Å². The Kier molecular flexibility index (Phi) is 4.27. The van der Waals surface area contributed by atoms with Crippen LogP contribution in [0.2, 0.25) is 0 Å². The van der Waals surface area contributed by atoms with Crippen molar-refractivity contribution < 1.29 is 14.7 Å². The number of carboxylic acids is 1. The molecule has 0 saturated heterocycles. The van der Waals surface area contributed by atoms with E-state index in [1.165, 1.54) is 10.9 Å². The molecule has 1 amide bonds. The van der Waals surface area contributed by atoms with Crippen molar-refractivity contribution in [2.24, 2.45) is 0 Å². The molecule has 0 aliphatic carbocycles. The third kappa shape index (κ3) is 3.62. The van der Waals surface area contributed by atoms with Crippen molar-refractivity contribution in [1.29, 1.82) is 0 Å². The van der Waals surface area contributed by atoms with Crippen molar-refractivity contribution in [2.45, 2.75) is 20.4 Å². The van der Waals surface area contributed by atoms with E-state index in [-0.39, 0.29) is 11.6 Å². The topological polar surface area (TPSA) is 110 Å². The third-order valence-electron chi connectivity index (χ3n) is 2.85. The fourth-order valence-corrected chi connectivity index (χ4v) is 1.81. The first-order chi connectivity index (χ1) is 9.97. The summed E-state index contributed by atoms with van der Waals surface area (Å²) in [4.78, 5) is 26.9. The van der Waals surface area contributed by atoms with Gasteiger partial charge in [0.2, 0.25) is 0 Å². The van der Waals surface area contributed by atoms with Crippen molar-refractivity contribution in [3.63, 3.8) is 0 Å². The van der Waals surface area contributed by atoms with Gasteiger partial charge in [-0.2, -0.15) is 0 Å². The van der Waals surface area contributed by atoms with Crippen molar-refractivity contribution in [3.05, 3.63) is 41.0 Å². The summed E-state index contributed by atoms with van der Waals surface area (Å²) in [7, 11) is 0. The van der Waals surface area contributed by atoms with E-state index in [4.69, 9.17) is 5.11 Å². The predicted octanol–water partition coefficient (Wildman–Crippen LogP) is 0.418. The first-order valence-corrected chi connectivity index (χ1v) is 6.33. The maximum Gasteiger partial charge on any atom is 0.358 e. The lowest BCUT2D eigenvalue weighted by Crippen LogP contribution is -2.28. The number of pyridine rings is 1.